The van der Waals surface area contributed by atoms with Crippen molar-refractivity contribution in [1.29, 1.82) is 0 Å². The average molecular weight is 292 g/mol. The first-order valence-electron chi connectivity index (χ1n) is 8.13. The summed E-state index contributed by atoms with van der Waals surface area (Å²) in [6.07, 6.45) is 8.74. The Balaban J connectivity index is 1.88. The normalized spacial score (nSPS) is 22.6. The molecule has 1 aromatic heterocycles. The molecule has 1 aliphatic carbocycles. The van der Waals surface area contributed by atoms with Gasteiger partial charge in [-0.15, -0.1) is 0 Å². The van der Waals surface area contributed by atoms with Crippen LogP contribution in [0.5, 0.6) is 5.75 Å². The third kappa shape index (κ3) is 4.68. The minimum Gasteiger partial charge on any atom is -0.492 e. The van der Waals surface area contributed by atoms with Crippen LogP contribution in [-0.2, 0) is 4.74 Å². The van der Waals surface area contributed by atoms with E-state index in [0.717, 1.165) is 37.7 Å². The number of pyridine rings is 1. The Morgan fingerprint density at radius 3 is 2.81 bits per heavy atom. The van der Waals surface area contributed by atoms with E-state index in [2.05, 4.69) is 30.2 Å². The van der Waals surface area contributed by atoms with Gasteiger partial charge in [0.2, 0.25) is 0 Å². The molecule has 1 N–H and O–H groups in total. The molecule has 4 nitrogen and oxygen atoms in total. The van der Waals surface area contributed by atoms with Crippen LogP contribution in [0.3, 0.4) is 0 Å². The average Bonchev–Trinajstić information content (AvgIpc) is 2.47. The number of rotatable bonds is 9. The van der Waals surface area contributed by atoms with Crippen LogP contribution in [0.4, 0.5) is 0 Å². The number of hydrogen-bond acceptors (Lipinski definition) is 4. The maximum Gasteiger partial charge on any atom is 0.137 e. The van der Waals surface area contributed by atoms with Crippen molar-refractivity contribution in [2.75, 3.05) is 20.3 Å². The van der Waals surface area contributed by atoms with E-state index in [1.165, 1.54) is 18.4 Å². The zero-order valence-corrected chi connectivity index (χ0v) is 13.5. The van der Waals surface area contributed by atoms with Gasteiger partial charge in [0.1, 0.15) is 5.75 Å². The minimum absolute atomic E-state index is 0.343. The summed E-state index contributed by atoms with van der Waals surface area (Å²) in [5.41, 5.74) is 1.21. The summed E-state index contributed by atoms with van der Waals surface area (Å²) >= 11 is 0. The van der Waals surface area contributed by atoms with Crippen molar-refractivity contribution in [3.63, 3.8) is 0 Å². The first-order chi connectivity index (χ1) is 10.3. The van der Waals surface area contributed by atoms with Crippen LogP contribution < -0.4 is 10.1 Å². The van der Waals surface area contributed by atoms with Gasteiger partial charge in [-0.25, -0.2) is 0 Å². The van der Waals surface area contributed by atoms with E-state index in [0.29, 0.717) is 12.1 Å². The van der Waals surface area contributed by atoms with Crippen molar-refractivity contribution in [1.82, 2.24) is 10.3 Å². The number of aromatic nitrogens is 1. The number of hydrogen-bond donors (Lipinski definition) is 1. The second-order valence-corrected chi connectivity index (χ2v) is 5.79. The molecular weight excluding hydrogens is 264 g/mol. The second-order valence-electron chi connectivity index (χ2n) is 5.79. The van der Waals surface area contributed by atoms with Gasteiger partial charge in [0, 0.05) is 18.8 Å². The van der Waals surface area contributed by atoms with Gasteiger partial charge < -0.3 is 14.8 Å². The predicted molar refractivity (Wildman–Crippen MR) is 84.6 cm³/mol. The molecule has 0 amide bonds. The Hall–Kier alpha value is -1.13. The fourth-order valence-electron chi connectivity index (χ4n) is 2.92. The van der Waals surface area contributed by atoms with Crippen LogP contribution in [0.2, 0.25) is 0 Å². The highest BCUT2D eigenvalue weighted by Crippen LogP contribution is 2.37. The van der Waals surface area contributed by atoms with Gasteiger partial charge in [0.05, 0.1) is 18.9 Å². The van der Waals surface area contributed by atoms with E-state index in [9.17, 15) is 0 Å². The molecule has 1 fully saturated rings. The van der Waals surface area contributed by atoms with E-state index in [4.69, 9.17) is 9.47 Å². The summed E-state index contributed by atoms with van der Waals surface area (Å²) in [4.78, 5) is 4.31. The lowest BCUT2D eigenvalue weighted by Gasteiger charge is -2.37. The highest BCUT2D eigenvalue weighted by molar-refractivity contribution is 5.26. The van der Waals surface area contributed by atoms with Crippen LogP contribution in [0.15, 0.2) is 18.5 Å². The third-order valence-corrected chi connectivity index (χ3v) is 4.12. The van der Waals surface area contributed by atoms with E-state index in [-0.39, 0.29) is 0 Å². The maximum atomic E-state index is 5.67. The molecule has 1 atom stereocenters. The Labute approximate surface area is 128 Å². The van der Waals surface area contributed by atoms with Crippen LogP contribution in [0, 0.1) is 5.92 Å². The molecule has 0 aliphatic heterocycles. The van der Waals surface area contributed by atoms with Crippen LogP contribution in [0.25, 0.3) is 0 Å². The molecule has 21 heavy (non-hydrogen) atoms. The number of nitrogens with zero attached hydrogens (tertiary/aromatic N) is 1. The van der Waals surface area contributed by atoms with Gasteiger partial charge in [-0.05, 0) is 57.2 Å². The van der Waals surface area contributed by atoms with Crippen LogP contribution >= 0.6 is 0 Å². The van der Waals surface area contributed by atoms with E-state index in [1.54, 1.807) is 6.20 Å². The first-order valence-corrected chi connectivity index (χ1v) is 8.13. The zero-order valence-electron chi connectivity index (χ0n) is 13.5. The van der Waals surface area contributed by atoms with Crippen molar-refractivity contribution in [2.45, 2.75) is 51.7 Å². The highest BCUT2D eigenvalue weighted by Gasteiger charge is 2.31. The fraction of sp³-hybridized carbons (Fsp3) is 0.706. The molecule has 0 radical (unpaired) electrons. The van der Waals surface area contributed by atoms with Crippen LogP contribution in [0.1, 0.15) is 51.1 Å². The van der Waals surface area contributed by atoms with Gasteiger partial charge in [-0.3, -0.25) is 4.98 Å². The standard InChI is InChI=1S/C17H28N2O2/c1-4-6-21-16-10-14(11-19-12-16)17(18-3)9-13-7-15(8-13)20-5-2/h10-13,15,17-18H,4-9H2,1-3H3. The van der Waals surface area contributed by atoms with E-state index < -0.39 is 0 Å². The van der Waals surface area contributed by atoms with Gasteiger partial charge in [-0.2, -0.15) is 0 Å². The van der Waals surface area contributed by atoms with Crippen molar-refractivity contribution < 1.29 is 9.47 Å². The summed E-state index contributed by atoms with van der Waals surface area (Å²) in [7, 11) is 2.02. The number of ether oxygens (including phenoxy) is 2. The van der Waals surface area contributed by atoms with Crippen molar-refractivity contribution >= 4 is 0 Å². The Morgan fingerprint density at radius 1 is 1.33 bits per heavy atom. The molecule has 1 aromatic rings. The number of nitrogens with one attached hydrogen (secondary N) is 1. The zero-order chi connectivity index (χ0) is 15.1. The lowest BCUT2D eigenvalue weighted by molar-refractivity contribution is -0.0289. The van der Waals surface area contributed by atoms with Gasteiger partial charge in [0.25, 0.3) is 0 Å². The van der Waals surface area contributed by atoms with E-state index >= 15 is 0 Å². The second kappa shape index (κ2) is 8.35. The summed E-state index contributed by atoms with van der Waals surface area (Å²) in [5, 5.41) is 3.41. The minimum atomic E-state index is 0.343. The first kappa shape index (κ1) is 16.2. The molecule has 1 saturated carbocycles. The van der Waals surface area contributed by atoms with Gasteiger partial charge in [-0.1, -0.05) is 6.92 Å². The molecule has 0 saturated heterocycles. The molecule has 1 unspecified atom stereocenters. The molecule has 0 aromatic carbocycles. The smallest absolute Gasteiger partial charge is 0.137 e. The summed E-state index contributed by atoms with van der Waals surface area (Å²) in [6.45, 7) is 5.75. The summed E-state index contributed by atoms with van der Waals surface area (Å²) in [5.74, 6) is 1.62. The fourth-order valence-corrected chi connectivity index (χ4v) is 2.92. The monoisotopic (exact) mass is 292 g/mol. The highest BCUT2D eigenvalue weighted by atomic mass is 16.5. The molecule has 118 valence electrons. The topological polar surface area (TPSA) is 43.4 Å². The Kier molecular flexibility index (Phi) is 6.46. The van der Waals surface area contributed by atoms with Crippen molar-refractivity contribution in [2.24, 2.45) is 5.92 Å². The molecule has 0 spiro atoms. The van der Waals surface area contributed by atoms with Crippen molar-refractivity contribution in [3.8, 4) is 5.75 Å². The largest absolute Gasteiger partial charge is 0.492 e. The summed E-state index contributed by atoms with van der Waals surface area (Å²) < 4.78 is 11.3. The lowest BCUT2D eigenvalue weighted by atomic mass is 9.77. The maximum absolute atomic E-state index is 5.67. The predicted octanol–water partition coefficient (Wildman–Crippen LogP) is 3.34. The Morgan fingerprint density at radius 2 is 2.14 bits per heavy atom. The molecular formula is C17H28N2O2. The molecule has 0 bridgehead atoms. The third-order valence-electron chi connectivity index (χ3n) is 4.12. The van der Waals surface area contributed by atoms with Gasteiger partial charge in [0.15, 0.2) is 0 Å². The SMILES string of the molecule is CCCOc1cncc(C(CC2CC(OCC)C2)NC)c1. The molecule has 4 heteroatoms. The van der Waals surface area contributed by atoms with Crippen molar-refractivity contribution in [3.05, 3.63) is 24.0 Å². The van der Waals surface area contributed by atoms with Gasteiger partial charge >= 0.3 is 0 Å². The summed E-state index contributed by atoms with van der Waals surface area (Å²) in [6, 6.07) is 2.46. The molecule has 2 rings (SSSR count). The lowest BCUT2D eigenvalue weighted by Crippen LogP contribution is -2.34. The molecule has 1 heterocycles. The van der Waals surface area contributed by atoms with Crippen LogP contribution in [-0.4, -0.2) is 31.3 Å². The van der Waals surface area contributed by atoms with E-state index in [1.807, 2.05) is 13.2 Å². The molecule has 1 aliphatic rings. The quantitative estimate of drug-likeness (QED) is 0.758. The Bertz CT molecular complexity index is 419.